The molecule has 0 fully saturated rings. The summed E-state index contributed by atoms with van der Waals surface area (Å²) >= 11 is 7.04. The molecule has 0 saturated heterocycles. The van der Waals surface area contributed by atoms with Gasteiger partial charge < -0.3 is 10.1 Å². The molecular weight excluding hydrogens is 306 g/mol. The van der Waals surface area contributed by atoms with Crippen LogP contribution in [0.4, 0.5) is 5.00 Å². The fourth-order valence-corrected chi connectivity index (χ4v) is 2.79. The molecule has 6 heteroatoms. The molecule has 110 valence electrons. The number of aromatic nitrogens is 1. The van der Waals surface area contributed by atoms with E-state index in [1.54, 1.807) is 0 Å². The topological polar surface area (TPSA) is 57.9 Å². The molecule has 1 aromatic carbocycles. The minimum atomic E-state index is 0.0132. The largest absolute Gasteiger partial charge is 0.489 e. The van der Waals surface area contributed by atoms with Gasteiger partial charge in [-0.25, -0.2) is 0 Å². The molecule has 4 nitrogen and oxygen atoms in total. The Bertz CT molecular complexity index is 651. The van der Waals surface area contributed by atoms with Crippen LogP contribution in [0.15, 0.2) is 24.3 Å². The highest BCUT2D eigenvalue weighted by Crippen LogP contribution is 2.27. The molecule has 1 unspecified atom stereocenters. The molecule has 1 heterocycles. The van der Waals surface area contributed by atoms with E-state index in [0.717, 1.165) is 17.7 Å². The zero-order valence-electron chi connectivity index (χ0n) is 11.9. The lowest BCUT2D eigenvalue weighted by molar-refractivity contribution is 0.210. The van der Waals surface area contributed by atoms with Gasteiger partial charge in [0.05, 0.1) is 6.54 Å². The second-order valence-corrected chi connectivity index (χ2v) is 5.77. The Hall–Kier alpha value is -1.77. The van der Waals surface area contributed by atoms with E-state index in [9.17, 15) is 0 Å². The number of anilines is 1. The summed E-state index contributed by atoms with van der Waals surface area (Å²) in [7, 11) is 0. The Balaban J connectivity index is 1.98. The first kappa shape index (κ1) is 15.6. The van der Waals surface area contributed by atoms with Crippen LogP contribution in [0.2, 0.25) is 5.15 Å². The molecule has 0 saturated carbocycles. The highest BCUT2D eigenvalue weighted by Gasteiger charge is 2.14. The first-order chi connectivity index (χ1) is 10.1. The van der Waals surface area contributed by atoms with Gasteiger partial charge in [0.2, 0.25) is 0 Å². The van der Waals surface area contributed by atoms with Crippen LogP contribution in [0, 0.1) is 18.3 Å². The van der Waals surface area contributed by atoms with Gasteiger partial charge in [0.25, 0.3) is 0 Å². The Morgan fingerprint density at radius 2 is 2.33 bits per heavy atom. The van der Waals surface area contributed by atoms with Crippen molar-refractivity contribution in [2.24, 2.45) is 0 Å². The molecule has 0 aliphatic heterocycles. The Morgan fingerprint density at radius 3 is 3.00 bits per heavy atom. The van der Waals surface area contributed by atoms with Gasteiger partial charge in [0.1, 0.15) is 28.5 Å². The van der Waals surface area contributed by atoms with Crippen molar-refractivity contribution in [1.29, 1.82) is 5.26 Å². The molecule has 0 radical (unpaired) electrons. The molecule has 0 spiro atoms. The molecular formula is C15H16ClN3OS. The van der Waals surface area contributed by atoms with Crippen molar-refractivity contribution in [1.82, 2.24) is 4.37 Å². The van der Waals surface area contributed by atoms with E-state index < -0.39 is 0 Å². The summed E-state index contributed by atoms with van der Waals surface area (Å²) in [5.74, 6) is 0.853. The van der Waals surface area contributed by atoms with Gasteiger partial charge in [-0.05, 0) is 42.6 Å². The third-order valence-electron chi connectivity index (χ3n) is 3.00. The number of benzene rings is 1. The predicted molar refractivity (Wildman–Crippen MR) is 86.2 cm³/mol. The number of rotatable bonds is 6. The van der Waals surface area contributed by atoms with Gasteiger partial charge in [-0.1, -0.05) is 30.7 Å². The van der Waals surface area contributed by atoms with E-state index in [0.29, 0.717) is 17.1 Å². The molecule has 0 aliphatic rings. The zero-order valence-corrected chi connectivity index (χ0v) is 13.5. The van der Waals surface area contributed by atoms with Crippen LogP contribution in [-0.4, -0.2) is 17.0 Å². The summed E-state index contributed by atoms with van der Waals surface area (Å²) < 4.78 is 9.92. The van der Waals surface area contributed by atoms with Crippen LogP contribution in [0.1, 0.15) is 24.5 Å². The molecule has 1 N–H and O–H groups in total. The minimum Gasteiger partial charge on any atom is -0.489 e. The fourth-order valence-electron chi connectivity index (χ4n) is 1.85. The number of hydrogen-bond donors (Lipinski definition) is 1. The normalized spacial score (nSPS) is 11.7. The predicted octanol–water partition coefficient (Wildman–Crippen LogP) is 4.25. The molecule has 0 aliphatic carbocycles. The Labute approximate surface area is 133 Å². The van der Waals surface area contributed by atoms with Gasteiger partial charge in [-0.15, -0.1) is 0 Å². The van der Waals surface area contributed by atoms with E-state index in [-0.39, 0.29) is 11.3 Å². The highest BCUT2D eigenvalue weighted by atomic mass is 35.5. The van der Waals surface area contributed by atoms with Crippen molar-refractivity contribution in [2.75, 3.05) is 11.9 Å². The number of nitrogens with one attached hydrogen (secondary N) is 1. The van der Waals surface area contributed by atoms with Gasteiger partial charge in [-0.2, -0.15) is 9.64 Å². The molecule has 2 aromatic rings. The minimum absolute atomic E-state index is 0.0132. The van der Waals surface area contributed by atoms with Crippen molar-refractivity contribution in [3.63, 3.8) is 0 Å². The van der Waals surface area contributed by atoms with Crippen LogP contribution in [-0.2, 0) is 0 Å². The monoisotopic (exact) mass is 321 g/mol. The first-order valence-electron chi connectivity index (χ1n) is 6.66. The third-order valence-corrected chi connectivity index (χ3v) is 4.18. The summed E-state index contributed by atoms with van der Waals surface area (Å²) in [6, 6.07) is 10.0. The molecule has 21 heavy (non-hydrogen) atoms. The smallest absolute Gasteiger partial charge is 0.162 e. The summed E-state index contributed by atoms with van der Waals surface area (Å²) in [6.45, 7) is 4.69. The zero-order chi connectivity index (χ0) is 15.2. The Kier molecular flexibility index (Phi) is 5.43. The Morgan fingerprint density at radius 1 is 1.52 bits per heavy atom. The van der Waals surface area contributed by atoms with E-state index in [1.807, 2.05) is 31.2 Å². The van der Waals surface area contributed by atoms with Crippen molar-refractivity contribution in [3.05, 3.63) is 40.5 Å². The maximum Gasteiger partial charge on any atom is 0.162 e. The maximum absolute atomic E-state index is 9.04. The SMILES string of the molecule is CCC(CNc1snc(Cl)c1C#N)Oc1cccc(C)c1. The van der Waals surface area contributed by atoms with Crippen LogP contribution in [0.3, 0.4) is 0 Å². The number of ether oxygens (including phenoxy) is 1. The average molecular weight is 322 g/mol. The second-order valence-electron chi connectivity index (χ2n) is 4.63. The van der Waals surface area contributed by atoms with Gasteiger partial charge >= 0.3 is 0 Å². The molecule has 0 amide bonds. The van der Waals surface area contributed by atoms with Crippen molar-refractivity contribution >= 4 is 28.1 Å². The number of halogens is 1. The van der Waals surface area contributed by atoms with Crippen molar-refractivity contribution in [3.8, 4) is 11.8 Å². The van der Waals surface area contributed by atoms with Crippen LogP contribution < -0.4 is 10.1 Å². The molecule has 1 aromatic heterocycles. The van der Waals surface area contributed by atoms with Gasteiger partial charge in [0.15, 0.2) is 5.15 Å². The number of nitriles is 1. The number of hydrogen-bond acceptors (Lipinski definition) is 5. The number of nitrogens with zero attached hydrogens (tertiary/aromatic N) is 2. The van der Waals surface area contributed by atoms with E-state index in [2.05, 4.69) is 22.7 Å². The lowest BCUT2D eigenvalue weighted by Gasteiger charge is -2.18. The maximum atomic E-state index is 9.04. The van der Waals surface area contributed by atoms with Crippen molar-refractivity contribution < 1.29 is 4.74 Å². The quantitative estimate of drug-likeness (QED) is 0.864. The van der Waals surface area contributed by atoms with E-state index in [4.69, 9.17) is 21.6 Å². The summed E-state index contributed by atoms with van der Waals surface area (Å²) in [5, 5.41) is 13.2. The van der Waals surface area contributed by atoms with Gasteiger partial charge in [-0.3, -0.25) is 0 Å². The van der Waals surface area contributed by atoms with Crippen LogP contribution >= 0.6 is 23.1 Å². The fraction of sp³-hybridized carbons (Fsp3) is 0.333. The average Bonchev–Trinajstić information content (AvgIpc) is 2.83. The van der Waals surface area contributed by atoms with Crippen LogP contribution in [0.5, 0.6) is 5.75 Å². The lowest BCUT2D eigenvalue weighted by atomic mass is 10.2. The van der Waals surface area contributed by atoms with Crippen LogP contribution in [0.25, 0.3) is 0 Å². The van der Waals surface area contributed by atoms with E-state index >= 15 is 0 Å². The summed E-state index contributed by atoms with van der Waals surface area (Å²) in [6.07, 6.45) is 0.870. The van der Waals surface area contributed by atoms with E-state index in [1.165, 1.54) is 11.5 Å². The second kappa shape index (κ2) is 7.30. The van der Waals surface area contributed by atoms with Gasteiger partial charge in [0, 0.05) is 0 Å². The summed E-state index contributed by atoms with van der Waals surface area (Å²) in [4.78, 5) is 0. The third kappa shape index (κ3) is 4.10. The number of aryl methyl sites for hydroxylation is 1. The standard InChI is InChI=1S/C15H16ClN3OS/c1-3-11(20-12-6-4-5-10(2)7-12)9-18-15-13(8-17)14(16)19-21-15/h4-7,11,18H,3,9H2,1-2H3. The highest BCUT2D eigenvalue weighted by molar-refractivity contribution is 7.10. The summed E-state index contributed by atoms with van der Waals surface area (Å²) in [5.41, 5.74) is 1.56. The molecule has 0 bridgehead atoms. The molecule has 1 atom stereocenters. The van der Waals surface area contributed by atoms with Crippen molar-refractivity contribution in [2.45, 2.75) is 26.4 Å². The lowest BCUT2D eigenvalue weighted by Crippen LogP contribution is -2.25. The first-order valence-corrected chi connectivity index (χ1v) is 7.81. The molecule has 2 rings (SSSR count).